The van der Waals surface area contributed by atoms with Gasteiger partial charge in [0, 0.05) is 17.0 Å². The molecule has 0 saturated carbocycles. The number of aryl methyl sites for hydroxylation is 1. The number of nitrogens with zero attached hydrogens (tertiary/aromatic N) is 1. The van der Waals surface area contributed by atoms with Gasteiger partial charge in [0.25, 0.3) is 0 Å². The van der Waals surface area contributed by atoms with E-state index in [0.29, 0.717) is 11.1 Å². The van der Waals surface area contributed by atoms with Gasteiger partial charge in [0.05, 0.1) is 22.6 Å². The zero-order chi connectivity index (χ0) is 19.3. The van der Waals surface area contributed by atoms with Crippen LogP contribution in [0.25, 0.3) is 0 Å². The third kappa shape index (κ3) is 4.47. The maximum absolute atomic E-state index is 12.3. The number of benzene rings is 1. The fourth-order valence-electron chi connectivity index (χ4n) is 3.06. The highest BCUT2D eigenvalue weighted by Crippen LogP contribution is 2.40. The molecule has 0 aliphatic carbocycles. The molecule has 3 nitrogen and oxygen atoms in total. The normalized spacial score (nSPS) is 16.8. The number of thioether (sulfide) groups is 1. The van der Waals surface area contributed by atoms with E-state index in [1.165, 1.54) is 11.1 Å². The molecule has 1 aromatic carbocycles. The predicted molar refractivity (Wildman–Crippen MR) is 110 cm³/mol. The molecule has 0 unspecified atom stereocenters. The van der Waals surface area contributed by atoms with Gasteiger partial charge in [-0.05, 0) is 45.2 Å². The van der Waals surface area contributed by atoms with Crippen LogP contribution in [0.4, 0.5) is 0 Å². The lowest BCUT2D eigenvalue weighted by molar-refractivity contribution is -0.113. The Kier molecular flexibility index (Phi) is 6.88. The van der Waals surface area contributed by atoms with Crippen molar-refractivity contribution in [2.45, 2.75) is 47.0 Å². The molecule has 1 heterocycles. The van der Waals surface area contributed by atoms with Crippen LogP contribution < -0.4 is 5.32 Å². The van der Waals surface area contributed by atoms with Crippen LogP contribution in [0.5, 0.6) is 0 Å². The van der Waals surface area contributed by atoms with Crippen LogP contribution in [0.15, 0.2) is 57.8 Å². The van der Waals surface area contributed by atoms with E-state index >= 15 is 0 Å². The second-order valence-electron chi connectivity index (χ2n) is 6.70. The van der Waals surface area contributed by atoms with E-state index in [4.69, 9.17) is 0 Å². The number of ketones is 1. The first-order chi connectivity index (χ1) is 12.4. The maximum Gasteiger partial charge on any atom is 0.158 e. The Labute approximate surface area is 160 Å². The molecule has 0 aromatic heterocycles. The van der Waals surface area contributed by atoms with Gasteiger partial charge in [0.1, 0.15) is 0 Å². The van der Waals surface area contributed by atoms with Crippen molar-refractivity contribution in [1.29, 1.82) is 5.26 Å². The quantitative estimate of drug-likeness (QED) is 0.700. The Morgan fingerprint density at radius 3 is 2.42 bits per heavy atom. The number of nitriles is 1. The Morgan fingerprint density at radius 2 is 1.92 bits per heavy atom. The molecular formula is C22H26N2OS. The molecule has 0 amide bonds. The lowest BCUT2D eigenvalue weighted by Crippen LogP contribution is -2.27. The molecule has 1 aliphatic heterocycles. The first-order valence-electron chi connectivity index (χ1n) is 8.87. The molecule has 2 rings (SSSR count). The standard InChI is InChI=1S/C22H26N2OS/c1-6-17-7-9-18(10-8-17)21-19(13-23)22(26-12-11-14(2)3)24-15(4)20(21)16(5)25/h7-11,21,24H,6,12H2,1-5H3/t21-/m0/s1. The molecule has 1 aliphatic rings. The molecule has 0 radical (unpaired) electrons. The molecule has 0 saturated heterocycles. The molecule has 0 bridgehead atoms. The van der Waals surface area contributed by atoms with Crippen LogP contribution in [-0.2, 0) is 11.2 Å². The van der Waals surface area contributed by atoms with Gasteiger partial charge in [-0.3, -0.25) is 4.79 Å². The van der Waals surface area contributed by atoms with Crippen LogP contribution in [0.3, 0.4) is 0 Å². The summed E-state index contributed by atoms with van der Waals surface area (Å²) >= 11 is 1.61. The number of hydrogen-bond acceptors (Lipinski definition) is 4. The third-order valence-electron chi connectivity index (χ3n) is 4.47. The van der Waals surface area contributed by atoms with E-state index in [1.807, 2.05) is 19.1 Å². The van der Waals surface area contributed by atoms with E-state index in [1.54, 1.807) is 18.7 Å². The fraction of sp³-hybridized carbons (Fsp3) is 0.364. The summed E-state index contributed by atoms with van der Waals surface area (Å²) in [5.41, 5.74) is 5.62. The number of dihydropyridines is 1. The highest BCUT2D eigenvalue weighted by atomic mass is 32.2. The number of rotatable bonds is 6. The number of allylic oxidation sites excluding steroid dienone is 4. The Bertz CT molecular complexity index is 819. The topological polar surface area (TPSA) is 52.9 Å². The minimum absolute atomic E-state index is 0.000617. The number of nitrogens with one attached hydrogen (secondary N) is 1. The van der Waals surface area contributed by atoms with Gasteiger partial charge < -0.3 is 5.32 Å². The van der Waals surface area contributed by atoms with E-state index in [-0.39, 0.29) is 11.7 Å². The van der Waals surface area contributed by atoms with Crippen molar-refractivity contribution >= 4 is 17.5 Å². The average Bonchev–Trinajstić information content (AvgIpc) is 2.60. The number of carbonyl (C=O) groups is 1. The SMILES string of the molecule is CCc1ccc([C@H]2C(C#N)=C(SCC=C(C)C)NC(C)=C2C(C)=O)cc1. The van der Waals surface area contributed by atoms with Gasteiger partial charge in [-0.25, -0.2) is 0 Å². The van der Waals surface area contributed by atoms with Gasteiger partial charge in [-0.15, -0.1) is 11.8 Å². The second kappa shape index (κ2) is 8.91. The molecule has 0 fully saturated rings. The fourth-order valence-corrected chi connectivity index (χ4v) is 4.19. The van der Waals surface area contributed by atoms with Crippen molar-refractivity contribution in [2.75, 3.05) is 5.75 Å². The third-order valence-corrected chi connectivity index (χ3v) is 5.41. The summed E-state index contributed by atoms with van der Waals surface area (Å²) in [6.07, 6.45) is 3.10. The van der Waals surface area contributed by atoms with Crippen molar-refractivity contribution in [1.82, 2.24) is 5.32 Å². The zero-order valence-electron chi connectivity index (χ0n) is 16.1. The predicted octanol–water partition coefficient (Wildman–Crippen LogP) is 5.23. The van der Waals surface area contributed by atoms with Crippen LogP contribution in [0.1, 0.15) is 51.7 Å². The molecule has 1 aromatic rings. The second-order valence-corrected chi connectivity index (χ2v) is 7.73. The molecule has 1 atom stereocenters. The number of Topliss-reactive ketones (excluding diaryl/α,β-unsaturated/α-hetero) is 1. The Balaban J connectivity index is 2.52. The van der Waals surface area contributed by atoms with Crippen molar-refractivity contribution < 1.29 is 4.79 Å². The van der Waals surface area contributed by atoms with Crippen molar-refractivity contribution in [3.63, 3.8) is 0 Å². The van der Waals surface area contributed by atoms with Crippen molar-refractivity contribution in [3.8, 4) is 6.07 Å². The highest BCUT2D eigenvalue weighted by Gasteiger charge is 2.32. The van der Waals surface area contributed by atoms with Gasteiger partial charge >= 0.3 is 0 Å². The Morgan fingerprint density at radius 1 is 1.27 bits per heavy atom. The molecule has 0 spiro atoms. The number of hydrogen-bond donors (Lipinski definition) is 1. The van der Waals surface area contributed by atoms with E-state index < -0.39 is 0 Å². The van der Waals surface area contributed by atoms with Crippen LogP contribution in [0.2, 0.25) is 0 Å². The average molecular weight is 367 g/mol. The number of carbonyl (C=O) groups excluding carboxylic acids is 1. The van der Waals surface area contributed by atoms with Gasteiger partial charge in [-0.2, -0.15) is 5.26 Å². The summed E-state index contributed by atoms with van der Waals surface area (Å²) in [7, 11) is 0. The van der Waals surface area contributed by atoms with Crippen LogP contribution >= 0.6 is 11.8 Å². The summed E-state index contributed by atoms with van der Waals surface area (Å²) in [4.78, 5) is 12.3. The molecule has 4 heteroatoms. The van der Waals surface area contributed by atoms with E-state index in [9.17, 15) is 10.1 Å². The smallest absolute Gasteiger partial charge is 0.158 e. The first-order valence-corrected chi connectivity index (χ1v) is 9.85. The van der Waals surface area contributed by atoms with E-state index in [0.717, 1.165) is 28.5 Å². The van der Waals surface area contributed by atoms with Crippen molar-refractivity contribution in [2.24, 2.45) is 0 Å². The van der Waals surface area contributed by atoms with Crippen LogP contribution in [0, 0.1) is 11.3 Å². The zero-order valence-corrected chi connectivity index (χ0v) is 17.0. The largest absolute Gasteiger partial charge is 0.353 e. The van der Waals surface area contributed by atoms with Gasteiger partial charge in [0.2, 0.25) is 0 Å². The van der Waals surface area contributed by atoms with Crippen molar-refractivity contribution in [3.05, 3.63) is 68.9 Å². The summed E-state index contributed by atoms with van der Waals surface area (Å²) in [6.45, 7) is 9.73. The minimum atomic E-state index is -0.307. The monoisotopic (exact) mass is 366 g/mol. The molecule has 26 heavy (non-hydrogen) atoms. The molecular weight excluding hydrogens is 340 g/mol. The molecule has 1 N–H and O–H groups in total. The van der Waals surface area contributed by atoms with Crippen LogP contribution in [-0.4, -0.2) is 11.5 Å². The molecule has 136 valence electrons. The lowest BCUT2D eigenvalue weighted by atomic mass is 9.81. The Hall–Kier alpha value is -2.25. The lowest BCUT2D eigenvalue weighted by Gasteiger charge is -2.29. The summed E-state index contributed by atoms with van der Waals surface area (Å²) in [6, 6.07) is 10.6. The minimum Gasteiger partial charge on any atom is -0.353 e. The van der Waals surface area contributed by atoms with Gasteiger partial charge in [-0.1, -0.05) is 42.8 Å². The summed E-state index contributed by atoms with van der Waals surface area (Å²) in [5, 5.41) is 14.0. The summed E-state index contributed by atoms with van der Waals surface area (Å²) < 4.78 is 0. The first kappa shape index (κ1) is 20.1. The highest BCUT2D eigenvalue weighted by molar-refractivity contribution is 8.03. The van der Waals surface area contributed by atoms with Gasteiger partial charge in [0.15, 0.2) is 5.78 Å². The maximum atomic E-state index is 12.3. The summed E-state index contributed by atoms with van der Waals surface area (Å²) in [5.74, 6) is 0.486. The van der Waals surface area contributed by atoms with E-state index in [2.05, 4.69) is 50.4 Å².